The Balaban J connectivity index is 2.49. The van der Waals surface area contributed by atoms with Gasteiger partial charge in [-0.25, -0.2) is 9.97 Å². The number of aromatic hydroxyl groups is 1. The first-order chi connectivity index (χ1) is 9.56. The number of hydrogen-bond acceptors (Lipinski definition) is 4. The van der Waals surface area contributed by atoms with Gasteiger partial charge in [0.1, 0.15) is 5.15 Å². The summed E-state index contributed by atoms with van der Waals surface area (Å²) in [4.78, 5) is 8.73. The number of halogens is 2. The predicted octanol–water partition coefficient (Wildman–Crippen LogP) is 4.23. The van der Waals surface area contributed by atoms with Crippen molar-refractivity contribution in [2.45, 2.75) is 19.8 Å². The fraction of sp³-hybridized carbons (Fsp3) is 0.286. The van der Waals surface area contributed by atoms with Gasteiger partial charge in [-0.15, -0.1) is 0 Å². The molecule has 1 aromatic carbocycles. The van der Waals surface area contributed by atoms with Crippen LogP contribution in [-0.2, 0) is 6.42 Å². The van der Waals surface area contributed by atoms with Crippen molar-refractivity contribution in [2.75, 3.05) is 7.11 Å². The molecule has 106 valence electrons. The second kappa shape index (κ2) is 6.41. The van der Waals surface area contributed by atoms with Crippen LogP contribution in [0, 0.1) is 0 Å². The molecule has 0 fully saturated rings. The standard InChI is InChI=1S/C14H14BrClN2O2/c1-3-4-9-12(15)13(16)18-14(17-9)8-5-6-11(20-2)10(19)7-8/h5-7,19H,3-4H2,1-2H3. The van der Waals surface area contributed by atoms with Crippen molar-refractivity contribution >= 4 is 27.5 Å². The van der Waals surface area contributed by atoms with Gasteiger partial charge in [0, 0.05) is 5.56 Å². The first kappa shape index (κ1) is 15.1. The van der Waals surface area contributed by atoms with E-state index in [0.29, 0.717) is 22.3 Å². The molecule has 0 bridgehead atoms. The van der Waals surface area contributed by atoms with Crippen LogP contribution in [0.5, 0.6) is 11.5 Å². The fourth-order valence-corrected chi connectivity index (χ4v) is 2.39. The van der Waals surface area contributed by atoms with Crippen LogP contribution in [0.25, 0.3) is 11.4 Å². The van der Waals surface area contributed by atoms with Gasteiger partial charge in [0.25, 0.3) is 0 Å². The van der Waals surface area contributed by atoms with E-state index < -0.39 is 0 Å². The lowest BCUT2D eigenvalue weighted by Crippen LogP contribution is -1.98. The van der Waals surface area contributed by atoms with Crippen molar-refractivity contribution in [2.24, 2.45) is 0 Å². The summed E-state index contributed by atoms with van der Waals surface area (Å²) in [5.41, 5.74) is 1.55. The fourth-order valence-electron chi connectivity index (χ4n) is 1.82. The topological polar surface area (TPSA) is 55.2 Å². The largest absolute Gasteiger partial charge is 0.504 e. The van der Waals surface area contributed by atoms with Crippen molar-refractivity contribution < 1.29 is 9.84 Å². The molecule has 0 atom stereocenters. The molecule has 0 amide bonds. The van der Waals surface area contributed by atoms with Crippen LogP contribution < -0.4 is 4.74 Å². The lowest BCUT2D eigenvalue weighted by molar-refractivity contribution is 0.373. The van der Waals surface area contributed by atoms with Crippen LogP contribution in [0.1, 0.15) is 19.0 Å². The van der Waals surface area contributed by atoms with Crippen LogP contribution >= 0.6 is 27.5 Å². The number of ether oxygens (including phenoxy) is 1. The van der Waals surface area contributed by atoms with Crippen LogP contribution in [-0.4, -0.2) is 22.2 Å². The van der Waals surface area contributed by atoms with Gasteiger partial charge in [-0.1, -0.05) is 24.9 Å². The first-order valence-corrected chi connectivity index (χ1v) is 7.33. The van der Waals surface area contributed by atoms with E-state index >= 15 is 0 Å². The summed E-state index contributed by atoms with van der Waals surface area (Å²) in [5.74, 6) is 0.940. The number of aromatic nitrogens is 2. The number of benzene rings is 1. The van der Waals surface area contributed by atoms with E-state index in [1.165, 1.54) is 7.11 Å². The molecule has 1 heterocycles. The van der Waals surface area contributed by atoms with Crippen molar-refractivity contribution in [1.29, 1.82) is 0 Å². The Morgan fingerprint density at radius 3 is 2.70 bits per heavy atom. The lowest BCUT2D eigenvalue weighted by Gasteiger charge is -2.09. The third-order valence-corrected chi connectivity index (χ3v) is 4.14. The van der Waals surface area contributed by atoms with Gasteiger partial charge in [0.2, 0.25) is 0 Å². The summed E-state index contributed by atoms with van der Waals surface area (Å²) < 4.78 is 5.74. The molecule has 0 aliphatic rings. The van der Waals surface area contributed by atoms with E-state index in [1.807, 2.05) is 0 Å². The van der Waals surface area contributed by atoms with Gasteiger partial charge in [-0.2, -0.15) is 0 Å². The maximum Gasteiger partial charge on any atom is 0.161 e. The molecule has 0 aliphatic heterocycles. The molecule has 6 heteroatoms. The predicted molar refractivity (Wildman–Crippen MR) is 82.4 cm³/mol. The third-order valence-electron chi connectivity index (χ3n) is 2.80. The molecule has 1 aromatic heterocycles. The molecular formula is C14H14BrClN2O2. The second-order valence-corrected chi connectivity index (χ2v) is 5.39. The van der Waals surface area contributed by atoms with E-state index in [0.717, 1.165) is 23.0 Å². The minimum Gasteiger partial charge on any atom is -0.504 e. The summed E-state index contributed by atoms with van der Waals surface area (Å²) in [6.45, 7) is 2.07. The highest BCUT2D eigenvalue weighted by Crippen LogP contribution is 2.32. The summed E-state index contributed by atoms with van der Waals surface area (Å²) in [6.07, 6.45) is 1.76. The van der Waals surface area contributed by atoms with Crippen LogP contribution in [0.3, 0.4) is 0 Å². The molecule has 0 saturated carbocycles. The molecule has 1 N–H and O–H groups in total. The van der Waals surface area contributed by atoms with Gasteiger partial charge in [-0.05, 0) is 40.5 Å². The molecule has 0 radical (unpaired) electrons. The second-order valence-electron chi connectivity index (χ2n) is 4.24. The molecule has 0 aliphatic carbocycles. The van der Waals surface area contributed by atoms with Gasteiger partial charge >= 0.3 is 0 Å². The van der Waals surface area contributed by atoms with E-state index in [9.17, 15) is 5.11 Å². The molecule has 2 aromatic rings. The Kier molecular flexibility index (Phi) is 4.83. The Bertz CT molecular complexity index is 635. The molecule has 0 spiro atoms. The highest BCUT2D eigenvalue weighted by Gasteiger charge is 2.13. The van der Waals surface area contributed by atoms with Crippen LogP contribution in [0.2, 0.25) is 5.15 Å². The molecule has 0 saturated heterocycles. The number of rotatable bonds is 4. The van der Waals surface area contributed by atoms with Gasteiger partial charge < -0.3 is 9.84 Å². The highest BCUT2D eigenvalue weighted by molar-refractivity contribution is 9.10. The summed E-state index contributed by atoms with van der Waals surface area (Å²) in [7, 11) is 1.50. The van der Waals surface area contributed by atoms with Crippen molar-refractivity contribution in [1.82, 2.24) is 9.97 Å². The summed E-state index contributed by atoms with van der Waals surface area (Å²) in [6, 6.07) is 5.02. The average molecular weight is 358 g/mol. The van der Waals surface area contributed by atoms with Gasteiger partial charge in [0.05, 0.1) is 17.3 Å². The maximum atomic E-state index is 9.83. The number of phenols is 1. The minimum absolute atomic E-state index is 0.0460. The number of hydrogen-bond donors (Lipinski definition) is 1. The van der Waals surface area contributed by atoms with E-state index in [-0.39, 0.29) is 5.75 Å². The minimum atomic E-state index is 0.0460. The average Bonchev–Trinajstić information content (AvgIpc) is 2.43. The quantitative estimate of drug-likeness (QED) is 0.832. The summed E-state index contributed by atoms with van der Waals surface area (Å²) in [5, 5.41) is 10.2. The number of aryl methyl sites for hydroxylation is 1. The Morgan fingerprint density at radius 2 is 2.10 bits per heavy atom. The zero-order chi connectivity index (χ0) is 14.7. The number of methoxy groups -OCH3 is 1. The maximum absolute atomic E-state index is 9.83. The number of nitrogens with zero attached hydrogens (tertiary/aromatic N) is 2. The van der Waals surface area contributed by atoms with E-state index in [4.69, 9.17) is 16.3 Å². The van der Waals surface area contributed by atoms with E-state index in [2.05, 4.69) is 32.8 Å². The number of phenolic OH excluding ortho intramolecular Hbond substituents is 1. The van der Waals surface area contributed by atoms with Crippen molar-refractivity contribution in [3.63, 3.8) is 0 Å². The Labute approximate surface area is 130 Å². The molecule has 0 unspecified atom stereocenters. The van der Waals surface area contributed by atoms with Crippen LogP contribution in [0.4, 0.5) is 0 Å². The Hall–Kier alpha value is -1.33. The third kappa shape index (κ3) is 3.04. The smallest absolute Gasteiger partial charge is 0.161 e. The summed E-state index contributed by atoms with van der Waals surface area (Å²) >= 11 is 9.52. The molecule has 20 heavy (non-hydrogen) atoms. The van der Waals surface area contributed by atoms with Crippen molar-refractivity contribution in [3.8, 4) is 22.9 Å². The zero-order valence-corrected chi connectivity index (χ0v) is 13.5. The molecular weight excluding hydrogens is 344 g/mol. The SMILES string of the molecule is CCCc1nc(-c2ccc(OC)c(O)c2)nc(Cl)c1Br. The van der Waals surface area contributed by atoms with Crippen molar-refractivity contribution in [3.05, 3.63) is 33.5 Å². The highest BCUT2D eigenvalue weighted by atomic mass is 79.9. The van der Waals surface area contributed by atoms with Gasteiger partial charge in [0.15, 0.2) is 17.3 Å². The lowest BCUT2D eigenvalue weighted by atomic mass is 10.1. The van der Waals surface area contributed by atoms with E-state index in [1.54, 1.807) is 18.2 Å². The monoisotopic (exact) mass is 356 g/mol. The zero-order valence-electron chi connectivity index (χ0n) is 11.2. The normalized spacial score (nSPS) is 10.6. The van der Waals surface area contributed by atoms with Crippen LogP contribution in [0.15, 0.2) is 22.7 Å². The Morgan fingerprint density at radius 1 is 1.35 bits per heavy atom. The molecule has 2 rings (SSSR count). The van der Waals surface area contributed by atoms with Gasteiger partial charge in [-0.3, -0.25) is 0 Å². The molecule has 4 nitrogen and oxygen atoms in total. The first-order valence-electron chi connectivity index (χ1n) is 6.16.